The quantitative estimate of drug-likeness (QED) is 0.280. The third-order valence-electron chi connectivity index (χ3n) is 10.2. The number of methoxy groups -OCH3 is 2. The molecule has 0 radical (unpaired) electrons. The van der Waals surface area contributed by atoms with Crippen molar-refractivity contribution < 1.29 is 33.0 Å². The SMILES string of the molecule is COC1CN([C@H]2C[C@@H](CO[C@H]3CC[C@H](C=O)CC3)N(C(=O)Cc3cc(C)c(NC(=O)c4csc5ccccc45)cc3F)C2)C[C@@H]1OC. The molecule has 9 nitrogen and oxygen atoms in total. The fourth-order valence-corrected chi connectivity index (χ4v) is 8.34. The Labute approximate surface area is 279 Å². The van der Waals surface area contributed by atoms with Crippen LogP contribution in [0.4, 0.5) is 10.1 Å². The van der Waals surface area contributed by atoms with Crippen LogP contribution in [0.25, 0.3) is 10.1 Å². The van der Waals surface area contributed by atoms with E-state index >= 15 is 4.39 Å². The molecule has 4 atom stereocenters. The van der Waals surface area contributed by atoms with E-state index in [9.17, 15) is 14.4 Å². The van der Waals surface area contributed by atoms with Crippen molar-refractivity contribution in [1.29, 1.82) is 0 Å². The van der Waals surface area contributed by atoms with Crippen molar-refractivity contribution in [2.24, 2.45) is 5.92 Å². The van der Waals surface area contributed by atoms with Gasteiger partial charge >= 0.3 is 0 Å². The van der Waals surface area contributed by atoms with Gasteiger partial charge in [0.05, 0.1) is 42.9 Å². The van der Waals surface area contributed by atoms with Crippen molar-refractivity contribution >= 4 is 45.2 Å². The van der Waals surface area contributed by atoms with Gasteiger partial charge in [0.2, 0.25) is 5.91 Å². The van der Waals surface area contributed by atoms with Crippen LogP contribution in [0, 0.1) is 18.7 Å². The van der Waals surface area contributed by atoms with Crippen LogP contribution < -0.4 is 5.32 Å². The van der Waals surface area contributed by atoms with E-state index < -0.39 is 5.82 Å². The number of carbonyl (C=O) groups excluding carboxylic acids is 3. The van der Waals surface area contributed by atoms with Crippen LogP contribution in [0.5, 0.6) is 0 Å². The van der Waals surface area contributed by atoms with Gasteiger partial charge in [-0.15, -0.1) is 11.3 Å². The summed E-state index contributed by atoms with van der Waals surface area (Å²) in [5.74, 6) is -0.880. The molecule has 3 aromatic rings. The molecule has 3 heterocycles. The highest BCUT2D eigenvalue weighted by Gasteiger charge is 2.43. The van der Waals surface area contributed by atoms with E-state index in [0.29, 0.717) is 48.6 Å². The third kappa shape index (κ3) is 7.44. The van der Waals surface area contributed by atoms with Crippen molar-refractivity contribution in [3.63, 3.8) is 0 Å². The van der Waals surface area contributed by atoms with Crippen molar-refractivity contribution in [2.45, 2.75) is 75.8 Å². The summed E-state index contributed by atoms with van der Waals surface area (Å²) in [6, 6.07) is 10.6. The molecule has 0 bridgehead atoms. The van der Waals surface area contributed by atoms with Crippen molar-refractivity contribution in [2.75, 3.05) is 45.8 Å². The van der Waals surface area contributed by atoms with E-state index in [1.807, 2.05) is 41.5 Å². The Morgan fingerprint density at radius 1 is 1.04 bits per heavy atom. The van der Waals surface area contributed by atoms with Gasteiger partial charge in [-0.25, -0.2) is 4.39 Å². The number of fused-ring (bicyclic) bond motifs is 1. The van der Waals surface area contributed by atoms with Crippen LogP contribution in [-0.4, -0.2) is 98.8 Å². The number of thiophene rings is 1. The fraction of sp³-hybridized carbons (Fsp3) is 0.528. The topological polar surface area (TPSA) is 97.4 Å². The van der Waals surface area contributed by atoms with Crippen LogP contribution in [0.2, 0.25) is 0 Å². The maximum atomic E-state index is 15.6. The Bertz CT molecular complexity index is 1580. The number of carbonyl (C=O) groups is 3. The maximum absolute atomic E-state index is 15.6. The van der Waals surface area contributed by atoms with E-state index in [1.54, 1.807) is 20.3 Å². The highest BCUT2D eigenvalue weighted by molar-refractivity contribution is 7.17. The molecule has 2 amide bonds. The normalized spacial score (nSPS) is 26.6. The first kappa shape index (κ1) is 33.7. The van der Waals surface area contributed by atoms with Crippen molar-refractivity contribution in [1.82, 2.24) is 9.80 Å². The highest BCUT2D eigenvalue weighted by atomic mass is 32.1. The second-order valence-electron chi connectivity index (χ2n) is 13.1. The number of likely N-dealkylation sites (tertiary alicyclic amines) is 2. The molecule has 1 N–H and O–H groups in total. The molecule has 252 valence electrons. The number of benzene rings is 2. The van der Waals surface area contributed by atoms with Gasteiger partial charge in [0.15, 0.2) is 0 Å². The van der Waals surface area contributed by atoms with Crippen LogP contribution in [0.15, 0.2) is 41.8 Å². The lowest BCUT2D eigenvalue weighted by Crippen LogP contribution is -2.41. The van der Waals surface area contributed by atoms with Gasteiger partial charge in [-0.05, 0) is 62.3 Å². The molecule has 2 saturated heterocycles. The molecule has 3 fully saturated rings. The number of hydrogen-bond acceptors (Lipinski definition) is 8. The minimum atomic E-state index is -0.532. The summed E-state index contributed by atoms with van der Waals surface area (Å²) in [5.41, 5.74) is 1.90. The summed E-state index contributed by atoms with van der Waals surface area (Å²) in [6.07, 6.45) is 5.00. The number of aldehydes is 1. The first-order valence-corrected chi connectivity index (χ1v) is 17.4. The third-order valence-corrected chi connectivity index (χ3v) is 11.2. The second kappa shape index (κ2) is 14.9. The Kier molecular flexibility index (Phi) is 10.7. The zero-order valence-corrected chi connectivity index (χ0v) is 28.1. The number of anilines is 1. The maximum Gasteiger partial charge on any atom is 0.257 e. The minimum Gasteiger partial charge on any atom is -0.377 e. The van der Waals surface area contributed by atoms with Crippen LogP contribution in [0.3, 0.4) is 0 Å². The van der Waals surface area contributed by atoms with Gasteiger partial charge in [0, 0.05) is 67.0 Å². The number of rotatable bonds is 11. The van der Waals surface area contributed by atoms with Gasteiger partial charge < -0.3 is 29.2 Å². The largest absolute Gasteiger partial charge is 0.377 e. The Morgan fingerprint density at radius 2 is 1.77 bits per heavy atom. The van der Waals surface area contributed by atoms with E-state index in [4.69, 9.17) is 14.2 Å². The molecule has 2 aromatic carbocycles. The van der Waals surface area contributed by atoms with E-state index in [-0.39, 0.29) is 54.5 Å². The second-order valence-corrected chi connectivity index (χ2v) is 14.0. The van der Waals surface area contributed by atoms with Gasteiger partial charge in [0.1, 0.15) is 12.1 Å². The fourth-order valence-electron chi connectivity index (χ4n) is 7.40. The average Bonchev–Trinajstić information content (AvgIpc) is 3.83. The molecule has 2 aliphatic heterocycles. The number of ether oxygens (including phenoxy) is 3. The number of nitrogens with zero attached hydrogens (tertiary/aromatic N) is 2. The van der Waals surface area contributed by atoms with Gasteiger partial charge in [0.25, 0.3) is 5.91 Å². The summed E-state index contributed by atoms with van der Waals surface area (Å²) >= 11 is 1.49. The molecule has 0 spiro atoms. The molecule has 3 aliphatic rings. The zero-order valence-electron chi connectivity index (χ0n) is 27.3. The standard InChI is InChI=1S/C36H44FN3O6S/c1-22-12-24(30(37)15-31(22)38-36(43)29-21-47-34-7-5-4-6-28(29)34)13-35(42)40-16-25(39-17-32(44-2)33(18-39)45-3)14-26(40)20-46-27-10-8-23(19-41)9-11-27/h4-7,12,15,19,21,23,25-27,32-33H,8-11,13-14,16-18,20H2,1-3H3,(H,38,43)/t23-,25-,26-,27-,32-,33?/m0/s1. The number of amides is 2. The summed E-state index contributed by atoms with van der Waals surface area (Å²) < 4.78 is 34.2. The zero-order chi connectivity index (χ0) is 33.1. The van der Waals surface area contributed by atoms with Crippen LogP contribution >= 0.6 is 11.3 Å². The summed E-state index contributed by atoms with van der Waals surface area (Å²) in [6.45, 7) is 4.15. The lowest BCUT2D eigenvalue weighted by Gasteiger charge is -2.29. The lowest BCUT2D eigenvalue weighted by molar-refractivity contribution is -0.133. The number of nitrogens with one attached hydrogen (secondary N) is 1. The van der Waals surface area contributed by atoms with E-state index in [1.165, 1.54) is 17.4 Å². The van der Waals surface area contributed by atoms with Gasteiger partial charge in [-0.2, -0.15) is 0 Å². The number of aryl methyl sites for hydroxylation is 1. The van der Waals surface area contributed by atoms with Crippen molar-refractivity contribution in [3.8, 4) is 0 Å². The smallest absolute Gasteiger partial charge is 0.257 e. The molecular formula is C36H44FN3O6S. The first-order chi connectivity index (χ1) is 22.8. The lowest BCUT2D eigenvalue weighted by atomic mass is 9.88. The summed E-state index contributed by atoms with van der Waals surface area (Å²) in [5, 5.41) is 5.53. The Balaban J connectivity index is 1.14. The first-order valence-electron chi connectivity index (χ1n) is 16.5. The average molecular weight is 666 g/mol. The predicted molar refractivity (Wildman–Crippen MR) is 179 cm³/mol. The summed E-state index contributed by atoms with van der Waals surface area (Å²) in [4.78, 5) is 42.4. The molecule has 6 rings (SSSR count). The molecular weight excluding hydrogens is 621 g/mol. The van der Waals surface area contributed by atoms with Crippen LogP contribution in [-0.2, 0) is 30.2 Å². The monoisotopic (exact) mass is 665 g/mol. The molecule has 1 aromatic heterocycles. The molecule has 1 saturated carbocycles. The van der Waals surface area contributed by atoms with Gasteiger partial charge in [-0.3, -0.25) is 14.5 Å². The van der Waals surface area contributed by atoms with Crippen LogP contribution in [0.1, 0.15) is 53.6 Å². The summed E-state index contributed by atoms with van der Waals surface area (Å²) in [7, 11) is 3.38. The Morgan fingerprint density at radius 3 is 2.47 bits per heavy atom. The molecule has 47 heavy (non-hydrogen) atoms. The molecule has 11 heteroatoms. The molecule has 1 unspecified atom stereocenters. The highest BCUT2D eigenvalue weighted by Crippen LogP contribution is 2.32. The van der Waals surface area contributed by atoms with E-state index in [0.717, 1.165) is 48.5 Å². The minimum absolute atomic E-state index is 0.0398. The van der Waals surface area contributed by atoms with E-state index in [2.05, 4.69) is 10.2 Å². The van der Waals surface area contributed by atoms with Gasteiger partial charge in [-0.1, -0.05) is 24.3 Å². The molecule has 1 aliphatic carbocycles. The Hall–Kier alpha value is -3.22. The number of hydrogen-bond donors (Lipinski definition) is 1. The van der Waals surface area contributed by atoms with Crippen molar-refractivity contribution in [3.05, 3.63) is 64.3 Å². The predicted octanol–water partition coefficient (Wildman–Crippen LogP) is 5.23. The number of halogens is 1.